The van der Waals surface area contributed by atoms with Gasteiger partial charge in [-0.2, -0.15) is 0 Å². The molecule has 2 heterocycles. The first-order chi connectivity index (χ1) is 12.6. The maximum atomic E-state index is 12.3. The minimum atomic E-state index is -0.356. The van der Waals surface area contributed by atoms with Crippen LogP contribution in [0.25, 0.3) is 10.9 Å². The Morgan fingerprint density at radius 1 is 0.923 bits per heavy atom. The topological polar surface area (TPSA) is 79.4 Å². The number of pyridine rings is 1. The van der Waals surface area contributed by atoms with Crippen LogP contribution in [-0.4, -0.2) is 34.2 Å². The zero-order valence-corrected chi connectivity index (χ0v) is 13.8. The summed E-state index contributed by atoms with van der Waals surface area (Å²) in [7, 11) is 0. The van der Waals surface area contributed by atoms with E-state index in [4.69, 9.17) is 0 Å². The summed E-state index contributed by atoms with van der Waals surface area (Å²) in [6.07, 6.45) is 1.69. The molecule has 0 atom stereocenters. The molecule has 3 aromatic rings. The van der Waals surface area contributed by atoms with Crippen LogP contribution in [0.5, 0.6) is 0 Å². The van der Waals surface area contributed by atoms with Gasteiger partial charge in [-0.25, -0.2) is 0 Å². The number of imide groups is 1. The molecule has 0 spiro atoms. The highest BCUT2D eigenvalue weighted by Crippen LogP contribution is 2.23. The van der Waals surface area contributed by atoms with Crippen LogP contribution in [-0.2, 0) is 4.79 Å². The molecular weight excluding hydrogens is 330 g/mol. The second-order valence-corrected chi connectivity index (χ2v) is 5.99. The van der Waals surface area contributed by atoms with Gasteiger partial charge in [0.25, 0.3) is 11.8 Å². The molecule has 0 radical (unpaired) electrons. The Kier molecular flexibility index (Phi) is 3.93. The standard InChI is InChI=1S/C20H15N3O3/c24-17(22-16-9-3-5-13-6-4-11-21-18(13)16)10-12-23-19(25)14-7-1-2-8-15(14)20(23)26/h1-9,11H,10,12H2,(H,22,24). The lowest BCUT2D eigenvalue weighted by Gasteiger charge is -2.14. The molecule has 2 aromatic carbocycles. The van der Waals surface area contributed by atoms with Crippen molar-refractivity contribution in [3.63, 3.8) is 0 Å². The SMILES string of the molecule is O=C(CCN1C(=O)c2ccccc2C1=O)Nc1cccc2cccnc12. The number of para-hydroxylation sites is 1. The van der Waals surface area contributed by atoms with Gasteiger partial charge in [-0.05, 0) is 24.3 Å². The summed E-state index contributed by atoms with van der Waals surface area (Å²) in [5.74, 6) is -0.991. The van der Waals surface area contributed by atoms with Crippen molar-refractivity contribution in [1.82, 2.24) is 9.88 Å². The van der Waals surface area contributed by atoms with Crippen molar-refractivity contribution in [2.45, 2.75) is 6.42 Å². The predicted molar refractivity (Wildman–Crippen MR) is 96.8 cm³/mol. The quantitative estimate of drug-likeness (QED) is 0.738. The second-order valence-electron chi connectivity index (χ2n) is 5.99. The van der Waals surface area contributed by atoms with Crippen LogP contribution in [0, 0.1) is 0 Å². The molecule has 26 heavy (non-hydrogen) atoms. The number of carbonyl (C=O) groups excluding carboxylic acids is 3. The fraction of sp³-hybridized carbons (Fsp3) is 0.100. The highest BCUT2D eigenvalue weighted by molar-refractivity contribution is 6.21. The van der Waals surface area contributed by atoms with Gasteiger partial charge in [0.2, 0.25) is 5.91 Å². The molecule has 0 saturated carbocycles. The Morgan fingerprint density at radius 3 is 2.35 bits per heavy atom. The van der Waals surface area contributed by atoms with E-state index in [1.54, 1.807) is 36.5 Å². The summed E-state index contributed by atoms with van der Waals surface area (Å²) < 4.78 is 0. The fourth-order valence-electron chi connectivity index (χ4n) is 3.07. The molecule has 1 aliphatic rings. The van der Waals surface area contributed by atoms with Gasteiger partial charge in [-0.15, -0.1) is 0 Å². The third-order valence-electron chi connectivity index (χ3n) is 4.35. The van der Waals surface area contributed by atoms with E-state index < -0.39 is 0 Å². The lowest BCUT2D eigenvalue weighted by Crippen LogP contribution is -2.32. The molecular formula is C20H15N3O3. The van der Waals surface area contributed by atoms with Crippen LogP contribution in [0.4, 0.5) is 5.69 Å². The van der Waals surface area contributed by atoms with Gasteiger partial charge < -0.3 is 5.32 Å². The number of rotatable bonds is 4. The molecule has 1 aliphatic heterocycles. The van der Waals surface area contributed by atoms with Crippen molar-refractivity contribution in [2.24, 2.45) is 0 Å². The third-order valence-corrected chi connectivity index (χ3v) is 4.35. The lowest BCUT2D eigenvalue weighted by atomic mass is 10.1. The number of benzene rings is 2. The Bertz CT molecular complexity index is 1000. The monoisotopic (exact) mass is 345 g/mol. The predicted octanol–water partition coefficient (Wildman–Crippen LogP) is 2.86. The molecule has 1 aromatic heterocycles. The van der Waals surface area contributed by atoms with Crippen molar-refractivity contribution in [3.05, 3.63) is 71.9 Å². The average Bonchev–Trinajstić information content (AvgIpc) is 2.91. The Balaban J connectivity index is 1.45. The zero-order chi connectivity index (χ0) is 18.1. The zero-order valence-electron chi connectivity index (χ0n) is 13.8. The maximum absolute atomic E-state index is 12.3. The summed E-state index contributed by atoms with van der Waals surface area (Å²) in [6.45, 7) is 0.0381. The van der Waals surface area contributed by atoms with Crippen molar-refractivity contribution in [1.29, 1.82) is 0 Å². The van der Waals surface area contributed by atoms with Gasteiger partial charge in [0.15, 0.2) is 0 Å². The molecule has 0 fully saturated rings. The first-order valence-electron chi connectivity index (χ1n) is 8.24. The molecule has 4 rings (SSSR count). The highest BCUT2D eigenvalue weighted by Gasteiger charge is 2.34. The van der Waals surface area contributed by atoms with E-state index in [2.05, 4.69) is 10.3 Å². The summed E-state index contributed by atoms with van der Waals surface area (Å²) in [6, 6.07) is 15.9. The van der Waals surface area contributed by atoms with Crippen molar-refractivity contribution in [2.75, 3.05) is 11.9 Å². The molecule has 0 bridgehead atoms. The van der Waals surface area contributed by atoms with Crippen LogP contribution in [0.2, 0.25) is 0 Å². The maximum Gasteiger partial charge on any atom is 0.261 e. The first-order valence-corrected chi connectivity index (χ1v) is 8.24. The highest BCUT2D eigenvalue weighted by atomic mass is 16.2. The molecule has 6 heteroatoms. The number of hydrogen-bond donors (Lipinski definition) is 1. The van der Waals surface area contributed by atoms with Gasteiger partial charge in [-0.1, -0.05) is 30.3 Å². The van der Waals surface area contributed by atoms with Crippen LogP contribution in [0.1, 0.15) is 27.1 Å². The van der Waals surface area contributed by atoms with Crippen LogP contribution in [0.15, 0.2) is 60.8 Å². The van der Waals surface area contributed by atoms with Gasteiger partial charge in [0, 0.05) is 24.5 Å². The third kappa shape index (κ3) is 2.71. The van der Waals surface area contributed by atoms with Crippen LogP contribution < -0.4 is 5.32 Å². The Morgan fingerprint density at radius 2 is 1.62 bits per heavy atom. The molecule has 3 amide bonds. The molecule has 0 saturated heterocycles. The fourth-order valence-corrected chi connectivity index (χ4v) is 3.07. The second kappa shape index (κ2) is 6.40. The van der Waals surface area contributed by atoms with Gasteiger partial charge in [0.1, 0.15) is 0 Å². The average molecular weight is 345 g/mol. The van der Waals surface area contributed by atoms with E-state index in [1.165, 1.54) is 0 Å². The number of carbonyl (C=O) groups is 3. The number of nitrogens with zero attached hydrogens (tertiary/aromatic N) is 2. The van der Waals surface area contributed by atoms with E-state index in [-0.39, 0.29) is 30.7 Å². The molecule has 0 aliphatic carbocycles. The number of fused-ring (bicyclic) bond motifs is 2. The van der Waals surface area contributed by atoms with Crippen molar-refractivity contribution >= 4 is 34.3 Å². The summed E-state index contributed by atoms with van der Waals surface area (Å²) in [5.41, 5.74) is 2.08. The van der Waals surface area contributed by atoms with E-state index in [0.29, 0.717) is 22.3 Å². The summed E-state index contributed by atoms with van der Waals surface area (Å²) >= 11 is 0. The van der Waals surface area contributed by atoms with Crippen LogP contribution in [0.3, 0.4) is 0 Å². The normalized spacial score (nSPS) is 13.2. The minimum absolute atomic E-state index is 0.0225. The van der Waals surface area contributed by atoms with Gasteiger partial charge >= 0.3 is 0 Å². The van der Waals surface area contributed by atoms with Gasteiger partial charge in [0.05, 0.1) is 22.3 Å². The van der Waals surface area contributed by atoms with Gasteiger partial charge in [-0.3, -0.25) is 24.3 Å². The summed E-state index contributed by atoms with van der Waals surface area (Å²) in [4.78, 5) is 42.3. The first kappa shape index (κ1) is 16.0. The Hall–Kier alpha value is -3.54. The van der Waals surface area contributed by atoms with E-state index in [0.717, 1.165) is 10.3 Å². The van der Waals surface area contributed by atoms with E-state index in [1.807, 2.05) is 24.3 Å². The number of anilines is 1. The largest absolute Gasteiger partial charge is 0.324 e. The van der Waals surface area contributed by atoms with Crippen LogP contribution >= 0.6 is 0 Å². The van der Waals surface area contributed by atoms with E-state index in [9.17, 15) is 14.4 Å². The number of nitrogens with one attached hydrogen (secondary N) is 1. The van der Waals surface area contributed by atoms with Crippen molar-refractivity contribution < 1.29 is 14.4 Å². The molecule has 6 nitrogen and oxygen atoms in total. The van der Waals surface area contributed by atoms with E-state index >= 15 is 0 Å². The molecule has 0 unspecified atom stereocenters. The number of amides is 3. The smallest absolute Gasteiger partial charge is 0.261 e. The number of hydrogen-bond acceptors (Lipinski definition) is 4. The summed E-state index contributed by atoms with van der Waals surface area (Å²) in [5, 5.41) is 3.73. The van der Waals surface area contributed by atoms with Crippen molar-refractivity contribution in [3.8, 4) is 0 Å². The molecule has 1 N–H and O–H groups in total. The molecule has 128 valence electrons. The lowest BCUT2D eigenvalue weighted by molar-refractivity contribution is -0.116. The number of aromatic nitrogens is 1. The Labute approximate surface area is 149 Å². The minimum Gasteiger partial charge on any atom is -0.324 e.